The highest BCUT2D eigenvalue weighted by Gasteiger charge is 1.87. The molecule has 0 aromatic carbocycles. The molecule has 1 heteroatoms. The third-order valence-electron chi connectivity index (χ3n) is 1.33. The van der Waals surface area contributed by atoms with Gasteiger partial charge in [-0.25, -0.2) is 0 Å². The van der Waals surface area contributed by atoms with E-state index in [0.717, 1.165) is 11.1 Å². The second kappa shape index (κ2) is 4.33. The lowest BCUT2D eigenvalue weighted by molar-refractivity contribution is 0.330. The molecule has 0 saturated carbocycles. The van der Waals surface area contributed by atoms with Crippen LogP contribution in [0.25, 0.3) is 0 Å². The van der Waals surface area contributed by atoms with E-state index < -0.39 is 0 Å². The maximum atomic E-state index is 8.64. The molecule has 0 atom stereocenters. The van der Waals surface area contributed by atoms with E-state index >= 15 is 0 Å². The number of allylic oxidation sites excluding steroid dienone is 3. The van der Waals surface area contributed by atoms with Crippen molar-refractivity contribution >= 4 is 0 Å². The molecule has 0 spiro atoms. The second-order valence-electron chi connectivity index (χ2n) is 2.12. The molecule has 0 saturated heterocycles. The molecule has 0 aliphatic heterocycles. The highest BCUT2D eigenvalue weighted by molar-refractivity contribution is 5.21. The summed E-state index contributed by atoms with van der Waals surface area (Å²) in [6.45, 7) is 6.05. The Morgan fingerprint density at radius 1 is 1.44 bits per heavy atom. The molecule has 0 aliphatic rings. The molecule has 0 rings (SSSR count). The van der Waals surface area contributed by atoms with Crippen LogP contribution in [0.1, 0.15) is 20.8 Å². The van der Waals surface area contributed by atoms with Gasteiger partial charge in [-0.05, 0) is 26.3 Å². The van der Waals surface area contributed by atoms with E-state index in [1.165, 1.54) is 0 Å². The van der Waals surface area contributed by atoms with Gasteiger partial charge in [0.2, 0.25) is 0 Å². The summed E-state index contributed by atoms with van der Waals surface area (Å²) in [4.78, 5) is 0. The summed E-state index contributed by atoms with van der Waals surface area (Å²) in [7, 11) is 0. The van der Waals surface area contributed by atoms with Gasteiger partial charge in [-0.2, -0.15) is 0 Å². The number of aliphatic hydroxyl groups is 1. The second-order valence-corrected chi connectivity index (χ2v) is 2.12. The zero-order chi connectivity index (χ0) is 7.28. The van der Waals surface area contributed by atoms with E-state index in [9.17, 15) is 0 Å². The zero-order valence-corrected chi connectivity index (χ0v) is 6.31. The highest BCUT2D eigenvalue weighted by atomic mass is 16.3. The van der Waals surface area contributed by atoms with Crippen LogP contribution >= 0.6 is 0 Å². The average molecular weight is 126 g/mol. The summed E-state index contributed by atoms with van der Waals surface area (Å²) < 4.78 is 0. The minimum atomic E-state index is 0.163. The molecule has 0 unspecified atom stereocenters. The number of aliphatic hydroxyl groups excluding tert-OH is 1. The van der Waals surface area contributed by atoms with Gasteiger partial charge in [0.05, 0.1) is 6.61 Å². The molecule has 0 aromatic rings. The molecule has 1 nitrogen and oxygen atoms in total. The predicted octanol–water partition coefficient (Wildman–Crippen LogP) is 1.89. The minimum Gasteiger partial charge on any atom is -0.392 e. The fraction of sp³-hybridized carbons (Fsp3) is 0.500. The summed E-state index contributed by atoms with van der Waals surface area (Å²) in [6.07, 6.45) is 3.96. The van der Waals surface area contributed by atoms with Crippen molar-refractivity contribution < 1.29 is 5.11 Å². The molecule has 0 heterocycles. The van der Waals surface area contributed by atoms with Crippen LogP contribution < -0.4 is 0 Å². The van der Waals surface area contributed by atoms with Crippen LogP contribution in [0.4, 0.5) is 0 Å². The van der Waals surface area contributed by atoms with E-state index in [-0.39, 0.29) is 6.61 Å². The van der Waals surface area contributed by atoms with E-state index in [1.807, 2.05) is 32.9 Å². The first kappa shape index (κ1) is 8.44. The van der Waals surface area contributed by atoms with Gasteiger partial charge in [-0.15, -0.1) is 0 Å². The van der Waals surface area contributed by atoms with Crippen molar-refractivity contribution in [2.24, 2.45) is 0 Å². The first-order valence-corrected chi connectivity index (χ1v) is 3.12. The maximum absolute atomic E-state index is 8.64. The lowest BCUT2D eigenvalue weighted by Crippen LogP contribution is -1.86. The van der Waals surface area contributed by atoms with Gasteiger partial charge >= 0.3 is 0 Å². The van der Waals surface area contributed by atoms with Crippen molar-refractivity contribution in [3.8, 4) is 0 Å². The molecule has 1 N–H and O–H groups in total. The van der Waals surface area contributed by atoms with Gasteiger partial charge in [0.25, 0.3) is 0 Å². The van der Waals surface area contributed by atoms with Crippen LogP contribution in [0, 0.1) is 0 Å². The number of rotatable bonds is 2. The molecule has 0 radical (unpaired) electrons. The molecular weight excluding hydrogens is 112 g/mol. The normalized spacial score (nSPS) is 14.2. The standard InChI is InChI=1S/C8H14O/c1-4-5-7(2)8(3)6-9/h4-5,9H,6H2,1-3H3/b5-4+,8-7+. The van der Waals surface area contributed by atoms with Gasteiger partial charge in [0.15, 0.2) is 0 Å². The first-order chi connectivity index (χ1) is 4.22. The Morgan fingerprint density at radius 2 is 2.00 bits per heavy atom. The average Bonchev–Trinajstić information content (AvgIpc) is 1.87. The highest BCUT2D eigenvalue weighted by Crippen LogP contribution is 2.02. The quantitative estimate of drug-likeness (QED) is 0.560. The smallest absolute Gasteiger partial charge is 0.0644 e. The molecule has 0 fully saturated rings. The largest absolute Gasteiger partial charge is 0.392 e. The van der Waals surface area contributed by atoms with Crippen LogP contribution in [-0.4, -0.2) is 11.7 Å². The van der Waals surface area contributed by atoms with Gasteiger partial charge < -0.3 is 5.11 Å². The SMILES string of the molecule is C/C=C/C(C)=C(\C)CO. The van der Waals surface area contributed by atoms with E-state index in [0.29, 0.717) is 0 Å². The molecule has 52 valence electrons. The zero-order valence-electron chi connectivity index (χ0n) is 6.31. The van der Waals surface area contributed by atoms with Crippen molar-refractivity contribution in [3.05, 3.63) is 23.3 Å². The first-order valence-electron chi connectivity index (χ1n) is 3.12. The van der Waals surface area contributed by atoms with Crippen molar-refractivity contribution in [3.63, 3.8) is 0 Å². The van der Waals surface area contributed by atoms with Crippen LogP contribution in [-0.2, 0) is 0 Å². The summed E-state index contributed by atoms with van der Waals surface area (Å²) >= 11 is 0. The molecule has 0 amide bonds. The number of hydrogen-bond acceptors (Lipinski definition) is 1. The van der Waals surface area contributed by atoms with Crippen molar-refractivity contribution in [2.75, 3.05) is 6.61 Å². The fourth-order valence-electron chi connectivity index (χ4n) is 0.517. The predicted molar refractivity (Wildman–Crippen MR) is 40.3 cm³/mol. The molecule has 0 aliphatic carbocycles. The van der Waals surface area contributed by atoms with Gasteiger partial charge in [-0.3, -0.25) is 0 Å². The Hall–Kier alpha value is -0.560. The maximum Gasteiger partial charge on any atom is 0.0644 e. The molecule has 0 bridgehead atoms. The minimum absolute atomic E-state index is 0.163. The summed E-state index contributed by atoms with van der Waals surface area (Å²) in [6, 6.07) is 0. The fourth-order valence-corrected chi connectivity index (χ4v) is 0.517. The monoisotopic (exact) mass is 126 g/mol. The van der Waals surface area contributed by atoms with Crippen LogP contribution in [0.15, 0.2) is 23.3 Å². The lowest BCUT2D eigenvalue weighted by atomic mass is 10.1. The lowest BCUT2D eigenvalue weighted by Gasteiger charge is -1.96. The van der Waals surface area contributed by atoms with Crippen LogP contribution in [0.3, 0.4) is 0 Å². The molecule has 0 aromatic heterocycles. The number of hydrogen-bond donors (Lipinski definition) is 1. The van der Waals surface area contributed by atoms with E-state index in [1.54, 1.807) is 0 Å². The van der Waals surface area contributed by atoms with Crippen molar-refractivity contribution in [1.82, 2.24) is 0 Å². The third kappa shape index (κ3) is 3.09. The molecule has 9 heavy (non-hydrogen) atoms. The van der Waals surface area contributed by atoms with Gasteiger partial charge in [-0.1, -0.05) is 17.7 Å². The summed E-state index contributed by atoms with van der Waals surface area (Å²) in [5, 5.41) is 8.64. The third-order valence-corrected chi connectivity index (χ3v) is 1.33. The summed E-state index contributed by atoms with van der Waals surface area (Å²) in [5.41, 5.74) is 2.19. The Balaban J connectivity index is 4.10. The Kier molecular flexibility index (Phi) is 4.06. The van der Waals surface area contributed by atoms with Crippen LogP contribution in [0.2, 0.25) is 0 Å². The topological polar surface area (TPSA) is 20.2 Å². The van der Waals surface area contributed by atoms with Crippen molar-refractivity contribution in [1.29, 1.82) is 0 Å². The van der Waals surface area contributed by atoms with E-state index in [4.69, 9.17) is 5.11 Å². The molecular formula is C8H14O. The van der Waals surface area contributed by atoms with Gasteiger partial charge in [0, 0.05) is 0 Å². The van der Waals surface area contributed by atoms with Crippen LogP contribution in [0.5, 0.6) is 0 Å². The Labute approximate surface area is 56.7 Å². The summed E-state index contributed by atoms with van der Waals surface area (Å²) in [5.74, 6) is 0. The van der Waals surface area contributed by atoms with Gasteiger partial charge in [0.1, 0.15) is 0 Å². The van der Waals surface area contributed by atoms with E-state index in [2.05, 4.69) is 0 Å². The Morgan fingerprint density at radius 3 is 2.33 bits per heavy atom. The van der Waals surface area contributed by atoms with Crippen molar-refractivity contribution in [2.45, 2.75) is 20.8 Å². The Bertz CT molecular complexity index is 132.